The van der Waals surface area contributed by atoms with Gasteiger partial charge in [-0.25, -0.2) is 9.59 Å². The summed E-state index contributed by atoms with van der Waals surface area (Å²) in [5.41, 5.74) is 1.02. The Morgan fingerprint density at radius 2 is 1.93 bits per heavy atom. The molecule has 7 heteroatoms. The molecule has 0 aliphatic rings. The summed E-state index contributed by atoms with van der Waals surface area (Å²) in [5, 5.41) is 26.1. The van der Waals surface area contributed by atoms with Crippen LogP contribution in [-0.2, 0) is 0 Å². The molecule has 7 nitrogen and oxygen atoms in total. The number of rotatable bonds is 3. The Hall–Kier alpha value is -2.44. The van der Waals surface area contributed by atoms with Gasteiger partial charge in [0, 0.05) is 0 Å². The number of benzene rings is 1. The maximum Gasteiger partial charge on any atom is 0.438 e. The average Bonchev–Trinajstić information content (AvgIpc) is 2.13. The first kappa shape index (κ1) is 10.6. The lowest BCUT2D eigenvalue weighted by Gasteiger charge is -2.07. The third kappa shape index (κ3) is 2.50. The van der Waals surface area contributed by atoms with Crippen LogP contribution < -0.4 is 10.3 Å². The minimum absolute atomic E-state index is 0.287. The van der Waals surface area contributed by atoms with Crippen molar-refractivity contribution in [2.24, 2.45) is 0 Å². The van der Waals surface area contributed by atoms with Gasteiger partial charge in [-0.2, -0.15) is 5.48 Å². The van der Waals surface area contributed by atoms with Gasteiger partial charge in [0.05, 0.1) is 0 Å². The number of amides is 1. The topological polar surface area (TPSA) is 116 Å². The van der Waals surface area contributed by atoms with Crippen LogP contribution in [0.25, 0.3) is 0 Å². The van der Waals surface area contributed by atoms with Gasteiger partial charge in [0.25, 0.3) is 0 Å². The summed E-state index contributed by atoms with van der Waals surface area (Å²) < 4.78 is 0. The van der Waals surface area contributed by atoms with E-state index in [1.54, 1.807) is 0 Å². The minimum Gasteiger partial charge on any atom is -0.507 e. The fourth-order valence-corrected chi connectivity index (χ4v) is 0.918. The molecular formula is C8H7NO6. The van der Waals surface area contributed by atoms with E-state index < -0.39 is 23.4 Å². The zero-order chi connectivity index (χ0) is 11.4. The highest BCUT2D eigenvalue weighted by Gasteiger charge is 2.17. The smallest absolute Gasteiger partial charge is 0.438 e. The summed E-state index contributed by atoms with van der Waals surface area (Å²) in [6.07, 6.45) is -1.48. The summed E-state index contributed by atoms with van der Waals surface area (Å²) >= 11 is 0. The Bertz CT molecular complexity index is 402. The van der Waals surface area contributed by atoms with Gasteiger partial charge in [0.2, 0.25) is 0 Å². The van der Waals surface area contributed by atoms with E-state index >= 15 is 0 Å². The monoisotopic (exact) mass is 213 g/mol. The first-order chi connectivity index (χ1) is 7.02. The summed E-state index contributed by atoms with van der Waals surface area (Å²) in [7, 11) is 0. The third-order valence-electron chi connectivity index (χ3n) is 1.47. The van der Waals surface area contributed by atoms with Crippen LogP contribution in [0.1, 0.15) is 10.4 Å². The van der Waals surface area contributed by atoms with Gasteiger partial charge < -0.3 is 20.2 Å². The largest absolute Gasteiger partial charge is 0.507 e. The zero-order valence-corrected chi connectivity index (χ0v) is 7.30. The number of aromatic carboxylic acids is 1. The number of hydroxylamine groups is 1. The molecule has 0 heterocycles. The van der Waals surface area contributed by atoms with Crippen LogP contribution in [-0.4, -0.2) is 27.4 Å². The van der Waals surface area contributed by atoms with Gasteiger partial charge in [-0.15, -0.1) is 0 Å². The number of carboxylic acid groups (broad SMARTS) is 2. The highest BCUT2D eigenvalue weighted by Crippen LogP contribution is 2.26. The summed E-state index contributed by atoms with van der Waals surface area (Å²) in [4.78, 5) is 25.2. The van der Waals surface area contributed by atoms with Crippen molar-refractivity contribution in [2.75, 3.05) is 0 Å². The number of phenols is 1. The van der Waals surface area contributed by atoms with Crippen molar-refractivity contribution in [3.8, 4) is 11.5 Å². The molecule has 0 saturated heterocycles. The van der Waals surface area contributed by atoms with E-state index in [1.165, 1.54) is 17.6 Å². The molecule has 1 aromatic rings. The van der Waals surface area contributed by atoms with Crippen LogP contribution in [0.15, 0.2) is 18.2 Å². The quantitative estimate of drug-likeness (QED) is 0.548. The third-order valence-corrected chi connectivity index (χ3v) is 1.47. The molecule has 0 bridgehead atoms. The van der Waals surface area contributed by atoms with Crippen molar-refractivity contribution in [1.29, 1.82) is 0 Å². The number of aromatic hydroxyl groups is 1. The van der Waals surface area contributed by atoms with Gasteiger partial charge in [-0.3, -0.25) is 0 Å². The predicted octanol–water partition coefficient (Wildman–Crippen LogP) is 0.652. The molecule has 0 aliphatic carbocycles. The van der Waals surface area contributed by atoms with Crippen LogP contribution >= 0.6 is 0 Å². The van der Waals surface area contributed by atoms with Crippen molar-refractivity contribution in [3.05, 3.63) is 23.8 Å². The van der Waals surface area contributed by atoms with Crippen LogP contribution in [0.2, 0.25) is 0 Å². The molecule has 4 N–H and O–H groups in total. The molecule has 0 unspecified atom stereocenters. The Labute approximate surface area is 83.5 Å². The Morgan fingerprint density at radius 1 is 1.27 bits per heavy atom. The predicted molar refractivity (Wildman–Crippen MR) is 46.9 cm³/mol. The molecule has 0 atom stereocenters. The van der Waals surface area contributed by atoms with E-state index in [0.717, 1.165) is 6.07 Å². The summed E-state index contributed by atoms with van der Waals surface area (Å²) in [6.45, 7) is 0. The lowest BCUT2D eigenvalue weighted by molar-refractivity contribution is 0.0681. The highest BCUT2D eigenvalue weighted by atomic mass is 16.7. The molecule has 0 aliphatic heterocycles. The SMILES string of the molecule is O=C(O)NOc1cccc(O)c1C(=O)O. The standard InChI is InChI=1S/C8H7NO6/c10-4-2-1-3-5(6(4)7(11)12)15-9-8(13)14/h1-3,9-10H,(H,11,12)(H,13,14). The lowest BCUT2D eigenvalue weighted by Crippen LogP contribution is -2.25. The van der Waals surface area contributed by atoms with Gasteiger partial charge >= 0.3 is 12.1 Å². The molecule has 1 rings (SSSR count). The van der Waals surface area contributed by atoms with Gasteiger partial charge in [0.1, 0.15) is 11.3 Å². The van der Waals surface area contributed by atoms with Crippen LogP contribution in [0.4, 0.5) is 4.79 Å². The van der Waals surface area contributed by atoms with Crippen LogP contribution in [0, 0.1) is 0 Å². The average molecular weight is 213 g/mol. The fourth-order valence-electron chi connectivity index (χ4n) is 0.918. The molecule has 0 aromatic heterocycles. The minimum atomic E-state index is -1.48. The second-order valence-electron chi connectivity index (χ2n) is 2.46. The number of hydrogen-bond donors (Lipinski definition) is 4. The van der Waals surface area contributed by atoms with Crippen molar-refractivity contribution in [2.45, 2.75) is 0 Å². The van der Waals surface area contributed by atoms with Gasteiger partial charge in [0.15, 0.2) is 5.75 Å². The maximum atomic E-state index is 10.7. The van der Waals surface area contributed by atoms with Crippen LogP contribution in [0.5, 0.6) is 11.5 Å². The number of carbonyl (C=O) groups is 2. The van der Waals surface area contributed by atoms with Crippen molar-refractivity contribution in [1.82, 2.24) is 5.48 Å². The molecular weight excluding hydrogens is 206 g/mol. The molecule has 0 saturated carbocycles. The summed E-state index contributed by atoms with van der Waals surface area (Å²) in [6, 6.07) is 3.68. The Kier molecular flexibility index (Phi) is 2.97. The van der Waals surface area contributed by atoms with E-state index in [4.69, 9.17) is 10.2 Å². The Balaban J connectivity index is 3.01. The van der Waals surface area contributed by atoms with Gasteiger partial charge in [-0.1, -0.05) is 6.07 Å². The molecule has 1 amide bonds. The number of carboxylic acids is 1. The van der Waals surface area contributed by atoms with Crippen molar-refractivity contribution >= 4 is 12.1 Å². The van der Waals surface area contributed by atoms with E-state index in [1.807, 2.05) is 0 Å². The Morgan fingerprint density at radius 3 is 2.47 bits per heavy atom. The zero-order valence-electron chi connectivity index (χ0n) is 7.30. The fraction of sp³-hybridized carbons (Fsp3) is 0. The van der Waals surface area contributed by atoms with E-state index in [0.29, 0.717) is 0 Å². The molecule has 0 radical (unpaired) electrons. The lowest BCUT2D eigenvalue weighted by atomic mass is 10.2. The number of nitrogens with one attached hydrogen (secondary N) is 1. The molecule has 15 heavy (non-hydrogen) atoms. The second kappa shape index (κ2) is 4.18. The molecule has 1 aromatic carbocycles. The molecule has 0 fully saturated rings. The number of hydrogen-bond acceptors (Lipinski definition) is 4. The first-order valence-corrected chi connectivity index (χ1v) is 3.73. The van der Waals surface area contributed by atoms with E-state index in [2.05, 4.69) is 4.84 Å². The van der Waals surface area contributed by atoms with Crippen molar-refractivity contribution in [3.63, 3.8) is 0 Å². The van der Waals surface area contributed by atoms with Crippen LogP contribution in [0.3, 0.4) is 0 Å². The molecule has 0 spiro atoms. The molecule has 80 valence electrons. The summed E-state index contributed by atoms with van der Waals surface area (Å²) in [5.74, 6) is -2.22. The second-order valence-corrected chi connectivity index (χ2v) is 2.46. The first-order valence-electron chi connectivity index (χ1n) is 3.73. The van der Waals surface area contributed by atoms with E-state index in [-0.39, 0.29) is 5.75 Å². The maximum absolute atomic E-state index is 10.7. The normalized spacial score (nSPS) is 9.33. The van der Waals surface area contributed by atoms with Crippen molar-refractivity contribution < 1.29 is 29.7 Å². The van der Waals surface area contributed by atoms with Gasteiger partial charge in [-0.05, 0) is 12.1 Å². The highest BCUT2D eigenvalue weighted by molar-refractivity contribution is 5.94. The van der Waals surface area contributed by atoms with E-state index in [9.17, 15) is 14.7 Å².